The maximum Gasteiger partial charge on any atom is 0.420 e. The molecule has 0 aliphatic carbocycles. The number of oxazole rings is 1. The summed E-state index contributed by atoms with van der Waals surface area (Å²) in [6, 6.07) is 11.2. The lowest BCUT2D eigenvalue weighted by Crippen LogP contribution is -2.15. The largest absolute Gasteiger partial charge is 0.420 e. The number of hydrogen-bond donors (Lipinski definition) is 0. The minimum atomic E-state index is -0.527. The highest BCUT2D eigenvalue weighted by molar-refractivity contribution is 6.31. The molecule has 0 aliphatic heterocycles. The van der Waals surface area contributed by atoms with Gasteiger partial charge in [-0.25, -0.2) is 9.18 Å². The van der Waals surface area contributed by atoms with Crippen LogP contribution >= 0.6 is 11.6 Å². The molecule has 1 heterocycles. The van der Waals surface area contributed by atoms with Crippen LogP contribution in [0.15, 0.2) is 51.7 Å². The monoisotopic (exact) mass is 277 g/mol. The van der Waals surface area contributed by atoms with Crippen LogP contribution in [0.5, 0.6) is 0 Å². The summed E-state index contributed by atoms with van der Waals surface area (Å²) in [4.78, 5) is 11.8. The summed E-state index contributed by atoms with van der Waals surface area (Å²) in [7, 11) is 0. The van der Waals surface area contributed by atoms with Crippen molar-refractivity contribution < 1.29 is 8.81 Å². The molecule has 3 nitrogen and oxygen atoms in total. The molecule has 3 rings (SSSR count). The van der Waals surface area contributed by atoms with Gasteiger partial charge in [0.1, 0.15) is 5.82 Å². The lowest BCUT2D eigenvalue weighted by Gasteiger charge is -2.04. The standard InChI is InChI=1S/C14H9ClFNO2/c15-11-4-2-1-3-9(11)8-17-12-6-5-10(16)7-13(12)19-14(17)18/h1-7H,8H2. The predicted molar refractivity (Wildman–Crippen MR) is 71.0 cm³/mol. The van der Waals surface area contributed by atoms with E-state index in [-0.39, 0.29) is 12.1 Å². The fourth-order valence-corrected chi connectivity index (χ4v) is 2.18. The molecule has 0 unspecified atom stereocenters. The maximum atomic E-state index is 13.1. The molecule has 96 valence electrons. The second kappa shape index (κ2) is 4.55. The maximum absolute atomic E-state index is 13.1. The van der Waals surface area contributed by atoms with E-state index in [9.17, 15) is 9.18 Å². The average Bonchev–Trinajstić information content (AvgIpc) is 2.68. The molecule has 0 saturated heterocycles. The predicted octanol–water partition coefficient (Wildman–Crippen LogP) is 3.44. The number of benzene rings is 2. The van der Waals surface area contributed by atoms with Crippen LogP contribution in [0.1, 0.15) is 5.56 Å². The Balaban J connectivity index is 2.13. The van der Waals surface area contributed by atoms with Crippen LogP contribution in [0, 0.1) is 5.82 Å². The van der Waals surface area contributed by atoms with Gasteiger partial charge in [-0.15, -0.1) is 0 Å². The van der Waals surface area contributed by atoms with Gasteiger partial charge < -0.3 is 4.42 Å². The van der Waals surface area contributed by atoms with E-state index in [0.717, 1.165) is 5.56 Å². The van der Waals surface area contributed by atoms with E-state index in [2.05, 4.69) is 0 Å². The lowest BCUT2D eigenvalue weighted by atomic mass is 10.2. The molecule has 2 aromatic carbocycles. The minimum absolute atomic E-state index is 0.233. The van der Waals surface area contributed by atoms with Crippen LogP contribution in [-0.4, -0.2) is 4.57 Å². The molecule has 0 N–H and O–H groups in total. The first-order chi connectivity index (χ1) is 9.15. The van der Waals surface area contributed by atoms with E-state index in [4.69, 9.17) is 16.0 Å². The van der Waals surface area contributed by atoms with Gasteiger partial charge in [-0.05, 0) is 23.8 Å². The first-order valence-electron chi connectivity index (χ1n) is 5.67. The van der Waals surface area contributed by atoms with E-state index in [1.165, 1.54) is 22.8 Å². The van der Waals surface area contributed by atoms with Gasteiger partial charge in [-0.3, -0.25) is 4.57 Å². The molecular formula is C14H9ClFNO2. The third-order valence-electron chi connectivity index (χ3n) is 2.92. The van der Waals surface area contributed by atoms with Crippen LogP contribution in [0.25, 0.3) is 11.1 Å². The van der Waals surface area contributed by atoms with Crippen molar-refractivity contribution in [2.75, 3.05) is 0 Å². The van der Waals surface area contributed by atoms with E-state index >= 15 is 0 Å². The summed E-state index contributed by atoms with van der Waals surface area (Å²) >= 11 is 6.06. The van der Waals surface area contributed by atoms with Crippen LogP contribution in [0.2, 0.25) is 5.02 Å². The smallest absolute Gasteiger partial charge is 0.408 e. The Bertz CT molecular complexity index is 807. The molecule has 0 amide bonds. The minimum Gasteiger partial charge on any atom is -0.408 e. The zero-order valence-electron chi connectivity index (χ0n) is 9.77. The first kappa shape index (κ1) is 12.0. The summed E-state index contributed by atoms with van der Waals surface area (Å²) in [5.41, 5.74) is 1.58. The fraction of sp³-hybridized carbons (Fsp3) is 0.0714. The SMILES string of the molecule is O=c1oc2cc(F)ccc2n1Cc1ccccc1Cl. The molecule has 0 radical (unpaired) electrons. The van der Waals surface area contributed by atoms with Crippen LogP contribution < -0.4 is 5.76 Å². The van der Waals surface area contributed by atoms with Crippen molar-refractivity contribution in [1.82, 2.24) is 4.57 Å². The van der Waals surface area contributed by atoms with Crippen molar-refractivity contribution in [1.29, 1.82) is 0 Å². The van der Waals surface area contributed by atoms with Crippen LogP contribution in [0.4, 0.5) is 4.39 Å². The van der Waals surface area contributed by atoms with E-state index in [1.807, 2.05) is 18.2 Å². The summed E-state index contributed by atoms with van der Waals surface area (Å²) < 4.78 is 19.5. The lowest BCUT2D eigenvalue weighted by molar-refractivity contribution is 0.515. The normalized spacial score (nSPS) is 11.1. The van der Waals surface area contributed by atoms with Gasteiger partial charge in [0.2, 0.25) is 0 Å². The number of nitrogens with zero attached hydrogens (tertiary/aromatic N) is 1. The molecular weight excluding hydrogens is 269 g/mol. The Morgan fingerprint density at radius 1 is 1.21 bits per heavy atom. The van der Waals surface area contributed by atoms with Crippen molar-refractivity contribution in [3.05, 3.63) is 69.4 Å². The second-order valence-corrected chi connectivity index (χ2v) is 4.56. The highest BCUT2D eigenvalue weighted by Gasteiger charge is 2.11. The quantitative estimate of drug-likeness (QED) is 0.719. The van der Waals surface area contributed by atoms with Crippen molar-refractivity contribution >= 4 is 22.7 Å². The van der Waals surface area contributed by atoms with E-state index < -0.39 is 11.6 Å². The highest BCUT2D eigenvalue weighted by Crippen LogP contribution is 2.19. The van der Waals surface area contributed by atoms with Crippen LogP contribution in [0.3, 0.4) is 0 Å². The highest BCUT2D eigenvalue weighted by atomic mass is 35.5. The Labute approximate surface area is 112 Å². The Kier molecular flexibility index (Phi) is 2.87. The van der Waals surface area contributed by atoms with E-state index in [0.29, 0.717) is 10.5 Å². The van der Waals surface area contributed by atoms with Crippen molar-refractivity contribution in [3.8, 4) is 0 Å². The van der Waals surface area contributed by atoms with Crippen molar-refractivity contribution in [3.63, 3.8) is 0 Å². The van der Waals surface area contributed by atoms with Gasteiger partial charge in [0.05, 0.1) is 12.1 Å². The van der Waals surface area contributed by atoms with Gasteiger partial charge in [0.15, 0.2) is 5.58 Å². The number of aromatic nitrogens is 1. The molecule has 0 atom stereocenters. The van der Waals surface area contributed by atoms with Gasteiger partial charge in [0.25, 0.3) is 0 Å². The molecule has 1 aromatic heterocycles. The summed E-state index contributed by atoms with van der Waals surface area (Å²) in [5.74, 6) is -0.966. The topological polar surface area (TPSA) is 35.1 Å². The Hall–Kier alpha value is -2.07. The van der Waals surface area contributed by atoms with Gasteiger partial charge in [-0.1, -0.05) is 29.8 Å². The van der Waals surface area contributed by atoms with Crippen molar-refractivity contribution in [2.45, 2.75) is 6.54 Å². The molecule has 0 aliphatic rings. The Morgan fingerprint density at radius 2 is 2.00 bits per heavy atom. The average molecular weight is 278 g/mol. The van der Waals surface area contributed by atoms with Gasteiger partial charge >= 0.3 is 5.76 Å². The number of fused-ring (bicyclic) bond motifs is 1. The number of halogens is 2. The third-order valence-corrected chi connectivity index (χ3v) is 3.29. The molecule has 0 saturated carbocycles. The summed E-state index contributed by atoms with van der Waals surface area (Å²) in [6.45, 7) is 0.289. The molecule has 0 fully saturated rings. The summed E-state index contributed by atoms with van der Waals surface area (Å²) in [5, 5.41) is 0.575. The molecule has 0 bridgehead atoms. The fourth-order valence-electron chi connectivity index (χ4n) is 1.99. The van der Waals surface area contributed by atoms with Crippen LogP contribution in [-0.2, 0) is 6.54 Å². The molecule has 3 aromatic rings. The van der Waals surface area contributed by atoms with Crippen molar-refractivity contribution in [2.24, 2.45) is 0 Å². The molecule has 19 heavy (non-hydrogen) atoms. The second-order valence-electron chi connectivity index (χ2n) is 4.16. The number of rotatable bonds is 2. The summed E-state index contributed by atoms with van der Waals surface area (Å²) in [6.07, 6.45) is 0. The van der Waals surface area contributed by atoms with E-state index in [1.54, 1.807) is 6.07 Å². The molecule has 5 heteroatoms. The molecule has 0 spiro atoms. The van der Waals surface area contributed by atoms with Gasteiger partial charge in [-0.2, -0.15) is 0 Å². The van der Waals surface area contributed by atoms with Gasteiger partial charge in [0, 0.05) is 11.1 Å². The first-order valence-corrected chi connectivity index (χ1v) is 6.05. The zero-order valence-corrected chi connectivity index (χ0v) is 10.5. The Morgan fingerprint density at radius 3 is 2.79 bits per heavy atom. The zero-order chi connectivity index (χ0) is 13.4. The third kappa shape index (κ3) is 2.15. The number of hydrogen-bond acceptors (Lipinski definition) is 2.